The first-order valence-corrected chi connectivity index (χ1v) is 13.4. The smallest absolute Gasteiger partial charge is 0.358 e. The molecule has 2 aliphatic rings. The highest BCUT2D eigenvalue weighted by Gasteiger charge is 2.24. The first-order chi connectivity index (χ1) is 17.2. The Labute approximate surface area is 210 Å². The van der Waals surface area contributed by atoms with E-state index in [1.54, 1.807) is 17.5 Å². The number of aromatic nitrogens is 2. The van der Waals surface area contributed by atoms with E-state index in [4.69, 9.17) is 14.5 Å². The molecule has 2 aromatic heterocycles. The molecule has 1 saturated heterocycles. The van der Waals surface area contributed by atoms with E-state index in [1.807, 2.05) is 6.20 Å². The summed E-state index contributed by atoms with van der Waals surface area (Å²) in [6.45, 7) is 3.65. The number of pyridine rings is 1. The van der Waals surface area contributed by atoms with Gasteiger partial charge in [0.2, 0.25) is 5.75 Å². The van der Waals surface area contributed by atoms with Gasteiger partial charge in [-0.05, 0) is 49.7 Å². The summed E-state index contributed by atoms with van der Waals surface area (Å²) in [6, 6.07) is 6.19. The zero-order valence-electron chi connectivity index (χ0n) is 20.0. The lowest BCUT2D eigenvalue weighted by atomic mass is 9.89. The number of ether oxygens (including phenoxy) is 1. The Hall–Kier alpha value is -2.95. The van der Waals surface area contributed by atoms with Crippen LogP contribution in [0, 0.1) is 23.7 Å². The van der Waals surface area contributed by atoms with Crippen LogP contribution in [0.5, 0.6) is 5.75 Å². The second kappa shape index (κ2) is 11.2. The molecule has 6 nitrogen and oxygen atoms in total. The molecule has 5 rings (SSSR count). The average Bonchev–Trinajstić information content (AvgIpc) is 3.40. The SMILES string of the molecule is CCc1ncc(OOC(=O)C2CCCCC2)c2cc(-c3cnc(C#CC4CCOCC4)s3)ccc12. The second-order valence-corrected chi connectivity index (χ2v) is 10.2. The third-order valence-electron chi connectivity index (χ3n) is 6.82. The molecule has 0 radical (unpaired) electrons. The molecule has 0 bridgehead atoms. The third kappa shape index (κ3) is 5.66. The van der Waals surface area contributed by atoms with Crippen LogP contribution in [-0.4, -0.2) is 29.2 Å². The van der Waals surface area contributed by atoms with Crippen molar-refractivity contribution in [3.05, 3.63) is 41.3 Å². The van der Waals surface area contributed by atoms with E-state index in [2.05, 4.69) is 46.9 Å². The lowest BCUT2D eigenvalue weighted by Crippen LogP contribution is -2.21. The first kappa shape index (κ1) is 23.8. The minimum absolute atomic E-state index is 0.0775. The summed E-state index contributed by atoms with van der Waals surface area (Å²) < 4.78 is 5.41. The molecule has 3 heterocycles. The maximum absolute atomic E-state index is 12.5. The molecule has 1 aliphatic heterocycles. The third-order valence-corrected chi connectivity index (χ3v) is 7.78. The quantitative estimate of drug-likeness (QED) is 0.244. The Bertz CT molecular complexity index is 1250. The van der Waals surface area contributed by atoms with Crippen LogP contribution in [0.2, 0.25) is 0 Å². The van der Waals surface area contributed by atoms with Crippen LogP contribution in [0.1, 0.15) is 62.6 Å². The number of nitrogens with zero attached hydrogens (tertiary/aromatic N) is 2. The number of aryl methyl sites for hydroxylation is 1. The molecule has 1 saturated carbocycles. The van der Waals surface area contributed by atoms with Gasteiger partial charge in [-0.2, -0.15) is 0 Å². The Balaban J connectivity index is 1.37. The summed E-state index contributed by atoms with van der Waals surface area (Å²) in [6.07, 6.45) is 11.3. The predicted molar refractivity (Wildman–Crippen MR) is 136 cm³/mol. The monoisotopic (exact) mass is 490 g/mol. The van der Waals surface area contributed by atoms with E-state index in [0.717, 1.165) is 90.1 Å². The highest BCUT2D eigenvalue weighted by atomic mass is 32.1. The number of rotatable bonds is 5. The van der Waals surface area contributed by atoms with Gasteiger partial charge in [0.25, 0.3) is 0 Å². The number of hydrogen-bond acceptors (Lipinski definition) is 7. The predicted octanol–water partition coefficient (Wildman–Crippen LogP) is 6.12. The van der Waals surface area contributed by atoms with Gasteiger partial charge in [-0.15, -0.1) is 11.3 Å². The lowest BCUT2D eigenvalue weighted by Gasteiger charge is -2.19. The normalized spacial score (nSPS) is 17.1. The van der Waals surface area contributed by atoms with Crippen LogP contribution < -0.4 is 4.89 Å². The van der Waals surface area contributed by atoms with Gasteiger partial charge >= 0.3 is 5.97 Å². The van der Waals surface area contributed by atoms with E-state index in [1.165, 1.54) is 6.42 Å². The van der Waals surface area contributed by atoms with Gasteiger partial charge in [0.15, 0.2) is 5.01 Å². The van der Waals surface area contributed by atoms with Gasteiger partial charge in [0, 0.05) is 41.8 Å². The zero-order chi connectivity index (χ0) is 24.0. The van der Waals surface area contributed by atoms with E-state index in [0.29, 0.717) is 11.7 Å². The van der Waals surface area contributed by atoms with Crippen LogP contribution in [0.15, 0.2) is 30.6 Å². The van der Waals surface area contributed by atoms with Crippen LogP contribution in [0.25, 0.3) is 21.2 Å². The molecule has 3 aromatic rings. The van der Waals surface area contributed by atoms with Crippen molar-refractivity contribution in [1.82, 2.24) is 9.97 Å². The molecule has 1 aliphatic carbocycles. The Kier molecular flexibility index (Phi) is 7.60. The van der Waals surface area contributed by atoms with Crippen molar-refractivity contribution in [3.8, 4) is 28.0 Å². The number of carbonyl (C=O) groups excluding carboxylic acids is 1. The number of hydrogen-bond donors (Lipinski definition) is 0. The molecule has 0 atom stereocenters. The maximum atomic E-state index is 12.5. The van der Waals surface area contributed by atoms with Crippen molar-refractivity contribution in [3.63, 3.8) is 0 Å². The van der Waals surface area contributed by atoms with Crippen molar-refractivity contribution in [2.24, 2.45) is 11.8 Å². The molecule has 0 N–H and O–H groups in total. The Morgan fingerprint density at radius 2 is 1.91 bits per heavy atom. The molecular formula is C28H30N2O4S. The van der Waals surface area contributed by atoms with Crippen molar-refractivity contribution in [1.29, 1.82) is 0 Å². The fraction of sp³-hybridized carbons (Fsp3) is 0.464. The fourth-order valence-electron chi connectivity index (χ4n) is 4.74. The minimum atomic E-state index is -0.288. The summed E-state index contributed by atoms with van der Waals surface area (Å²) in [5.41, 5.74) is 2.00. The summed E-state index contributed by atoms with van der Waals surface area (Å²) in [7, 11) is 0. The molecule has 0 spiro atoms. The zero-order valence-corrected chi connectivity index (χ0v) is 20.9. The molecule has 0 amide bonds. The maximum Gasteiger partial charge on any atom is 0.358 e. The Morgan fingerprint density at radius 3 is 2.71 bits per heavy atom. The summed E-state index contributed by atoms with van der Waals surface area (Å²) in [5.74, 6) is 7.06. The average molecular weight is 491 g/mol. The molecule has 35 heavy (non-hydrogen) atoms. The molecule has 0 unspecified atom stereocenters. The number of fused-ring (bicyclic) bond motifs is 1. The highest BCUT2D eigenvalue weighted by molar-refractivity contribution is 7.15. The summed E-state index contributed by atoms with van der Waals surface area (Å²) in [4.78, 5) is 33.4. The van der Waals surface area contributed by atoms with Crippen molar-refractivity contribution in [2.75, 3.05) is 13.2 Å². The summed E-state index contributed by atoms with van der Waals surface area (Å²) >= 11 is 1.58. The number of thiazole rings is 1. The second-order valence-electron chi connectivity index (χ2n) is 9.19. The Morgan fingerprint density at radius 1 is 1.09 bits per heavy atom. The van der Waals surface area contributed by atoms with Crippen molar-refractivity contribution >= 4 is 28.1 Å². The van der Waals surface area contributed by atoms with Crippen molar-refractivity contribution < 1.29 is 19.3 Å². The fourth-order valence-corrected chi connectivity index (χ4v) is 5.51. The molecule has 7 heteroatoms. The van der Waals surface area contributed by atoms with Crippen LogP contribution >= 0.6 is 11.3 Å². The first-order valence-electron chi connectivity index (χ1n) is 12.6. The van der Waals surface area contributed by atoms with Gasteiger partial charge in [-0.3, -0.25) is 14.8 Å². The van der Waals surface area contributed by atoms with E-state index in [9.17, 15) is 4.79 Å². The highest BCUT2D eigenvalue weighted by Crippen LogP contribution is 2.34. The summed E-state index contributed by atoms with van der Waals surface area (Å²) in [5, 5.41) is 2.67. The van der Waals surface area contributed by atoms with Crippen LogP contribution in [-0.2, 0) is 20.8 Å². The molecule has 182 valence electrons. The molecule has 2 fully saturated rings. The van der Waals surface area contributed by atoms with Gasteiger partial charge in [0.05, 0.1) is 17.0 Å². The van der Waals surface area contributed by atoms with Crippen molar-refractivity contribution in [2.45, 2.75) is 58.3 Å². The topological polar surface area (TPSA) is 70.5 Å². The largest absolute Gasteiger partial charge is 0.381 e. The van der Waals surface area contributed by atoms with Gasteiger partial charge in [-0.25, -0.2) is 9.78 Å². The molecule has 1 aromatic carbocycles. The number of benzene rings is 1. The number of carbonyl (C=O) groups is 1. The molecular weight excluding hydrogens is 460 g/mol. The standard InChI is InChI=1S/C28H30N2O4S/c1-2-24-22-10-9-21(26-18-30-27(35-26)11-8-19-12-14-32-15-13-19)16-23(22)25(17-29-24)33-34-28(31)20-6-4-3-5-7-20/h9-10,16-20H,2-7,12-15H2,1H3. The van der Waals surface area contributed by atoms with E-state index in [-0.39, 0.29) is 11.9 Å². The van der Waals surface area contributed by atoms with Gasteiger partial charge < -0.3 is 4.74 Å². The van der Waals surface area contributed by atoms with Crippen LogP contribution in [0.3, 0.4) is 0 Å². The van der Waals surface area contributed by atoms with Crippen LogP contribution in [0.4, 0.5) is 0 Å². The lowest BCUT2D eigenvalue weighted by molar-refractivity contribution is -0.219. The van der Waals surface area contributed by atoms with E-state index >= 15 is 0 Å². The minimum Gasteiger partial charge on any atom is -0.381 e. The van der Waals surface area contributed by atoms with Gasteiger partial charge in [0.1, 0.15) is 0 Å². The van der Waals surface area contributed by atoms with Gasteiger partial charge in [-0.1, -0.05) is 44.2 Å². The van der Waals surface area contributed by atoms with E-state index < -0.39 is 0 Å².